The quantitative estimate of drug-likeness (QED) is 0.311. The third-order valence-electron chi connectivity index (χ3n) is 6.17. The van der Waals surface area contributed by atoms with Crippen LogP contribution in [0.15, 0.2) is 95.6 Å². The van der Waals surface area contributed by atoms with E-state index in [1.54, 1.807) is 7.11 Å². The van der Waals surface area contributed by atoms with Crippen LogP contribution in [0.5, 0.6) is 5.75 Å². The van der Waals surface area contributed by atoms with Gasteiger partial charge in [-0.15, -0.1) is 0 Å². The van der Waals surface area contributed by atoms with E-state index in [2.05, 4.69) is 40.3 Å². The van der Waals surface area contributed by atoms with Crippen molar-refractivity contribution in [3.05, 3.63) is 119 Å². The van der Waals surface area contributed by atoms with Crippen molar-refractivity contribution in [2.75, 3.05) is 7.11 Å². The Labute approximate surface area is 206 Å². The lowest BCUT2D eigenvalue weighted by molar-refractivity contribution is 0.0934. The lowest BCUT2D eigenvalue weighted by atomic mass is 10.1. The van der Waals surface area contributed by atoms with Crippen LogP contribution in [0.4, 0.5) is 0 Å². The monoisotopic (exact) mass is 469 g/mol. The van der Waals surface area contributed by atoms with Crippen molar-refractivity contribution in [2.24, 2.45) is 0 Å². The zero-order valence-electron chi connectivity index (χ0n) is 20.3. The number of para-hydroxylation sites is 1. The molecule has 1 aromatic heterocycles. The number of methoxy groups -OCH3 is 1. The molecule has 180 valence electrons. The van der Waals surface area contributed by atoms with Gasteiger partial charge in [-0.25, -0.2) is 4.98 Å². The number of benzene rings is 3. The smallest absolute Gasteiger partial charge is 0.273 e. The van der Waals surface area contributed by atoms with Gasteiger partial charge in [0.05, 0.1) is 19.7 Å². The van der Waals surface area contributed by atoms with Crippen molar-refractivity contribution < 1.29 is 13.9 Å². The molecule has 3 aromatic carbocycles. The normalized spacial score (nSPS) is 12.8. The topological polar surface area (TPSA) is 67.6 Å². The summed E-state index contributed by atoms with van der Waals surface area (Å²) in [5.41, 5.74) is 3.55. The molecule has 1 heterocycles. The first-order valence-corrected chi connectivity index (χ1v) is 11.8. The fourth-order valence-electron chi connectivity index (χ4n) is 4.08. The predicted octanol–water partition coefficient (Wildman–Crippen LogP) is 5.94. The van der Waals surface area contributed by atoms with E-state index in [1.165, 1.54) is 11.8 Å². The number of amides is 1. The number of rotatable bonds is 10. The number of carbonyl (C=O) groups is 1. The highest BCUT2D eigenvalue weighted by Gasteiger charge is 2.22. The van der Waals surface area contributed by atoms with E-state index < -0.39 is 0 Å². The first-order valence-electron chi connectivity index (χ1n) is 11.8. The summed E-state index contributed by atoms with van der Waals surface area (Å²) in [6, 6.07) is 28.1. The van der Waals surface area contributed by atoms with Gasteiger partial charge in [0.2, 0.25) is 5.89 Å². The molecule has 6 heteroatoms. The van der Waals surface area contributed by atoms with Crippen molar-refractivity contribution in [1.29, 1.82) is 0 Å². The van der Waals surface area contributed by atoms with Crippen LogP contribution >= 0.6 is 0 Å². The number of aromatic nitrogens is 1. The second-order valence-corrected chi connectivity index (χ2v) is 8.54. The molecule has 2 unspecified atom stereocenters. The molecule has 0 radical (unpaired) electrons. The number of nitrogens with one attached hydrogen (secondary N) is 1. The van der Waals surface area contributed by atoms with Gasteiger partial charge >= 0.3 is 0 Å². The van der Waals surface area contributed by atoms with E-state index in [0.29, 0.717) is 19.0 Å². The standard InChI is InChI=1S/C29H31N3O3/c1-21(23-12-6-4-7-13-23)30-29(33)26-20-35-28(31-26)19-32(22(2)24-14-8-5-9-15-24)18-25-16-10-11-17-27(25)34-3/h4-17,20-22H,18-19H2,1-3H3,(H,30,33). The number of hydrogen-bond acceptors (Lipinski definition) is 5. The van der Waals surface area contributed by atoms with E-state index >= 15 is 0 Å². The number of hydrogen-bond donors (Lipinski definition) is 1. The molecule has 0 fully saturated rings. The minimum Gasteiger partial charge on any atom is -0.496 e. The molecule has 1 N–H and O–H groups in total. The van der Waals surface area contributed by atoms with Crippen molar-refractivity contribution in [3.63, 3.8) is 0 Å². The molecular formula is C29H31N3O3. The summed E-state index contributed by atoms with van der Waals surface area (Å²) < 4.78 is 11.3. The molecule has 0 aliphatic carbocycles. The summed E-state index contributed by atoms with van der Waals surface area (Å²) in [4.78, 5) is 19.6. The van der Waals surface area contributed by atoms with Crippen molar-refractivity contribution in [3.8, 4) is 5.75 Å². The van der Waals surface area contributed by atoms with Crippen LogP contribution in [0.1, 0.15) is 59.0 Å². The minimum atomic E-state index is -0.260. The number of nitrogens with zero attached hydrogens (tertiary/aromatic N) is 2. The third kappa shape index (κ3) is 6.16. The van der Waals surface area contributed by atoms with Crippen LogP contribution in [0, 0.1) is 0 Å². The van der Waals surface area contributed by atoms with Crippen LogP contribution in [0.25, 0.3) is 0 Å². The van der Waals surface area contributed by atoms with Crippen LogP contribution in [0.2, 0.25) is 0 Å². The largest absolute Gasteiger partial charge is 0.496 e. The average Bonchev–Trinajstić information content (AvgIpc) is 3.38. The second kappa shape index (κ2) is 11.5. The van der Waals surface area contributed by atoms with E-state index in [9.17, 15) is 4.79 Å². The zero-order chi connectivity index (χ0) is 24.6. The van der Waals surface area contributed by atoms with Gasteiger partial charge in [0, 0.05) is 18.2 Å². The molecule has 0 aliphatic heterocycles. The lowest BCUT2D eigenvalue weighted by Crippen LogP contribution is -2.28. The first kappa shape index (κ1) is 24.2. The van der Waals surface area contributed by atoms with Gasteiger partial charge in [-0.05, 0) is 31.0 Å². The molecule has 0 bridgehead atoms. The first-order chi connectivity index (χ1) is 17.0. The van der Waals surface area contributed by atoms with E-state index in [1.807, 2.05) is 73.7 Å². The van der Waals surface area contributed by atoms with Crippen LogP contribution in [-0.2, 0) is 13.1 Å². The summed E-state index contributed by atoms with van der Waals surface area (Å²) in [7, 11) is 1.68. The van der Waals surface area contributed by atoms with E-state index in [-0.39, 0.29) is 23.7 Å². The third-order valence-corrected chi connectivity index (χ3v) is 6.17. The predicted molar refractivity (Wildman–Crippen MR) is 136 cm³/mol. The summed E-state index contributed by atoms with van der Waals surface area (Å²) >= 11 is 0. The molecule has 0 saturated carbocycles. The van der Waals surface area contributed by atoms with Crippen LogP contribution < -0.4 is 10.1 Å². The Hall–Kier alpha value is -3.90. The summed E-state index contributed by atoms with van der Waals surface area (Å²) in [6.07, 6.45) is 1.43. The van der Waals surface area contributed by atoms with Gasteiger partial charge in [0.15, 0.2) is 5.69 Å². The molecule has 1 amide bonds. The maximum absolute atomic E-state index is 12.8. The number of carbonyl (C=O) groups excluding carboxylic acids is 1. The van der Waals surface area contributed by atoms with Gasteiger partial charge in [0.25, 0.3) is 5.91 Å². The van der Waals surface area contributed by atoms with Crippen molar-refractivity contribution in [2.45, 2.75) is 39.0 Å². The molecule has 0 aliphatic rings. The number of oxazole rings is 1. The van der Waals surface area contributed by atoms with Gasteiger partial charge in [-0.2, -0.15) is 0 Å². The maximum Gasteiger partial charge on any atom is 0.273 e. The molecule has 4 rings (SSSR count). The van der Waals surface area contributed by atoms with Crippen molar-refractivity contribution >= 4 is 5.91 Å². The van der Waals surface area contributed by atoms with Gasteiger partial charge < -0.3 is 14.5 Å². The zero-order valence-corrected chi connectivity index (χ0v) is 20.3. The number of ether oxygens (including phenoxy) is 1. The molecular weight excluding hydrogens is 438 g/mol. The fraction of sp³-hybridized carbons (Fsp3) is 0.241. The Bertz CT molecular complexity index is 1220. The summed E-state index contributed by atoms with van der Waals surface area (Å²) in [5, 5.41) is 2.99. The van der Waals surface area contributed by atoms with Gasteiger partial charge in [-0.3, -0.25) is 9.69 Å². The Morgan fingerprint density at radius 1 is 0.914 bits per heavy atom. The fourth-order valence-corrected chi connectivity index (χ4v) is 4.08. The van der Waals surface area contributed by atoms with Crippen LogP contribution in [-0.4, -0.2) is 22.9 Å². The summed E-state index contributed by atoms with van der Waals surface area (Å²) in [5.74, 6) is 1.06. The molecule has 6 nitrogen and oxygen atoms in total. The van der Waals surface area contributed by atoms with E-state index in [0.717, 1.165) is 16.9 Å². The summed E-state index contributed by atoms with van der Waals surface area (Å²) in [6.45, 7) is 5.18. The van der Waals surface area contributed by atoms with E-state index in [4.69, 9.17) is 9.15 Å². The van der Waals surface area contributed by atoms with Gasteiger partial charge in [0.1, 0.15) is 12.0 Å². The Balaban J connectivity index is 1.51. The minimum absolute atomic E-state index is 0.0865. The highest BCUT2D eigenvalue weighted by molar-refractivity contribution is 5.92. The molecule has 0 spiro atoms. The van der Waals surface area contributed by atoms with Gasteiger partial charge in [-0.1, -0.05) is 78.9 Å². The highest BCUT2D eigenvalue weighted by Crippen LogP contribution is 2.27. The lowest BCUT2D eigenvalue weighted by Gasteiger charge is -2.29. The SMILES string of the molecule is COc1ccccc1CN(Cc1nc(C(=O)NC(C)c2ccccc2)co1)C(C)c1ccccc1. The molecule has 0 saturated heterocycles. The molecule has 4 aromatic rings. The van der Waals surface area contributed by atoms with Crippen molar-refractivity contribution in [1.82, 2.24) is 15.2 Å². The Morgan fingerprint density at radius 3 is 2.23 bits per heavy atom. The molecule has 2 atom stereocenters. The molecule has 35 heavy (non-hydrogen) atoms. The Kier molecular flexibility index (Phi) is 7.95. The second-order valence-electron chi connectivity index (χ2n) is 8.54. The average molecular weight is 470 g/mol. The van der Waals surface area contributed by atoms with Crippen LogP contribution in [0.3, 0.4) is 0 Å². The highest BCUT2D eigenvalue weighted by atomic mass is 16.5. The maximum atomic E-state index is 12.8. The Morgan fingerprint density at radius 2 is 1.54 bits per heavy atom.